The molecule has 0 spiro atoms. The monoisotopic (exact) mass is 643 g/mol. The van der Waals surface area contributed by atoms with Gasteiger partial charge in [-0.2, -0.15) is 5.10 Å². The molecule has 0 radical (unpaired) electrons. The Balaban J connectivity index is 1.63. The van der Waals surface area contributed by atoms with Crippen LogP contribution >= 0.6 is 45.8 Å². The van der Waals surface area contributed by atoms with Crippen molar-refractivity contribution in [3.8, 4) is 11.5 Å². The lowest BCUT2D eigenvalue weighted by Gasteiger charge is -2.14. The summed E-state index contributed by atoms with van der Waals surface area (Å²) in [7, 11) is 1.51. The molecule has 0 aliphatic heterocycles. The lowest BCUT2D eigenvalue weighted by Crippen LogP contribution is -2.34. The second-order valence-corrected chi connectivity index (χ2v) is 9.49. The molecule has 1 unspecified atom stereocenters. The zero-order valence-electron chi connectivity index (χ0n) is 19.2. The van der Waals surface area contributed by atoms with Crippen molar-refractivity contribution in [1.82, 2.24) is 5.43 Å². The summed E-state index contributed by atoms with van der Waals surface area (Å²) in [5.41, 5.74) is 3.70. The fraction of sp³-hybridized carbons (Fsp3) is 0.160. The number of carbonyl (C=O) groups excluding carboxylic acids is 2. The first-order chi connectivity index (χ1) is 17.2. The Hall–Kier alpha value is -2.89. The molecule has 0 saturated heterocycles. The number of hydrogen-bond acceptors (Lipinski definition) is 5. The first kappa shape index (κ1) is 27.7. The third kappa shape index (κ3) is 7.31. The number of benzene rings is 3. The predicted molar refractivity (Wildman–Crippen MR) is 146 cm³/mol. The quantitative estimate of drug-likeness (QED) is 0.129. The molecular formula is C25H21Cl2FIN3O4. The molecule has 0 heterocycles. The summed E-state index contributed by atoms with van der Waals surface area (Å²) in [5.74, 6) is -2.04. The van der Waals surface area contributed by atoms with E-state index in [4.69, 9.17) is 32.7 Å². The van der Waals surface area contributed by atoms with Crippen LogP contribution in [-0.2, 0) is 16.2 Å². The number of hydrazone groups is 1. The van der Waals surface area contributed by atoms with E-state index in [9.17, 15) is 14.0 Å². The zero-order chi connectivity index (χ0) is 26.2. The van der Waals surface area contributed by atoms with E-state index < -0.39 is 23.5 Å². The largest absolute Gasteiger partial charge is 0.493 e. The average Bonchev–Trinajstić information content (AvgIpc) is 2.84. The van der Waals surface area contributed by atoms with Crippen molar-refractivity contribution in [2.75, 3.05) is 12.4 Å². The van der Waals surface area contributed by atoms with E-state index in [-0.39, 0.29) is 12.3 Å². The molecule has 7 nitrogen and oxygen atoms in total. The van der Waals surface area contributed by atoms with E-state index in [0.29, 0.717) is 27.1 Å². The van der Waals surface area contributed by atoms with Crippen molar-refractivity contribution in [1.29, 1.82) is 0 Å². The summed E-state index contributed by atoms with van der Waals surface area (Å²) in [6.45, 7) is 1.60. The minimum atomic E-state index is -1.10. The molecule has 0 aliphatic carbocycles. The number of carbonyl (C=O) groups is 2. The molecule has 3 aromatic carbocycles. The van der Waals surface area contributed by atoms with Crippen LogP contribution in [0.15, 0.2) is 59.7 Å². The smallest absolute Gasteiger partial charge is 0.252 e. The van der Waals surface area contributed by atoms with Gasteiger partial charge in [-0.25, -0.2) is 9.82 Å². The van der Waals surface area contributed by atoms with E-state index >= 15 is 0 Å². The molecule has 0 aromatic heterocycles. The molecule has 0 aliphatic rings. The first-order valence-electron chi connectivity index (χ1n) is 10.5. The SMILES string of the molecule is COc1cc(C=NNC(=O)C(C)C(=O)Nc2ccccc2F)cc(I)c1OCc1ccc(Cl)cc1Cl. The van der Waals surface area contributed by atoms with Crippen molar-refractivity contribution >= 4 is 69.5 Å². The van der Waals surface area contributed by atoms with Crippen LogP contribution in [0.2, 0.25) is 10.0 Å². The van der Waals surface area contributed by atoms with Crippen LogP contribution in [0.4, 0.5) is 10.1 Å². The van der Waals surface area contributed by atoms with Crippen molar-refractivity contribution in [3.05, 3.63) is 85.2 Å². The van der Waals surface area contributed by atoms with Gasteiger partial charge in [-0.1, -0.05) is 41.4 Å². The Morgan fingerprint density at radius 3 is 2.58 bits per heavy atom. The van der Waals surface area contributed by atoms with Crippen LogP contribution < -0.4 is 20.2 Å². The van der Waals surface area contributed by atoms with E-state index in [1.165, 1.54) is 38.4 Å². The molecule has 11 heteroatoms. The molecule has 3 aromatic rings. The van der Waals surface area contributed by atoms with Crippen molar-refractivity contribution < 1.29 is 23.5 Å². The number of nitrogens with zero attached hydrogens (tertiary/aromatic N) is 1. The van der Waals surface area contributed by atoms with Crippen LogP contribution in [0.1, 0.15) is 18.1 Å². The van der Waals surface area contributed by atoms with Crippen LogP contribution in [0, 0.1) is 15.3 Å². The minimum absolute atomic E-state index is 0.00651. The van der Waals surface area contributed by atoms with Crippen molar-refractivity contribution in [3.63, 3.8) is 0 Å². The second kappa shape index (κ2) is 12.9. The fourth-order valence-corrected chi connectivity index (χ4v) is 4.18. The van der Waals surface area contributed by atoms with Gasteiger partial charge in [0.2, 0.25) is 5.91 Å². The Kier molecular flexibility index (Phi) is 9.91. The van der Waals surface area contributed by atoms with Gasteiger partial charge in [-0.05, 0) is 71.5 Å². The number of ether oxygens (including phenoxy) is 2. The van der Waals surface area contributed by atoms with Gasteiger partial charge in [-0.3, -0.25) is 9.59 Å². The number of para-hydroxylation sites is 1. The van der Waals surface area contributed by atoms with Gasteiger partial charge in [0.05, 0.1) is 22.6 Å². The number of rotatable bonds is 9. The molecule has 1 atom stereocenters. The third-order valence-electron chi connectivity index (χ3n) is 4.95. The Labute approximate surface area is 231 Å². The number of hydrogen-bond donors (Lipinski definition) is 2. The van der Waals surface area contributed by atoms with Gasteiger partial charge in [0, 0.05) is 15.6 Å². The Bertz CT molecular complexity index is 1310. The third-order valence-corrected chi connectivity index (χ3v) is 6.33. The van der Waals surface area contributed by atoms with Gasteiger partial charge in [0.1, 0.15) is 18.3 Å². The predicted octanol–water partition coefficient (Wildman–Crippen LogP) is 6.05. The maximum atomic E-state index is 13.7. The molecule has 2 N–H and O–H groups in total. The first-order valence-corrected chi connectivity index (χ1v) is 12.4. The van der Waals surface area contributed by atoms with E-state index in [1.807, 2.05) is 0 Å². The van der Waals surface area contributed by atoms with E-state index in [0.717, 1.165) is 9.13 Å². The molecule has 0 bridgehead atoms. The summed E-state index contributed by atoms with van der Waals surface area (Å²) < 4.78 is 25.8. The molecular weight excluding hydrogens is 623 g/mol. The lowest BCUT2D eigenvalue weighted by atomic mass is 10.1. The van der Waals surface area contributed by atoms with E-state index in [2.05, 4.69) is 38.4 Å². The fourth-order valence-electron chi connectivity index (χ4n) is 2.93. The van der Waals surface area contributed by atoms with Crippen LogP contribution in [-0.4, -0.2) is 25.1 Å². The van der Waals surface area contributed by atoms with Crippen molar-refractivity contribution in [2.24, 2.45) is 11.0 Å². The van der Waals surface area contributed by atoms with Gasteiger partial charge in [-0.15, -0.1) is 0 Å². The lowest BCUT2D eigenvalue weighted by molar-refractivity contribution is -0.131. The number of amides is 2. The minimum Gasteiger partial charge on any atom is -0.493 e. The average molecular weight is 644 g/mol. The van der Waals surface area contributed by atoms with Crippen molar-refractivity contribution in [2.45, 2.75) is 13.5 Å². The normalized spacial score (nSPS) is 11.7. The standard InChI is InChI=1S/C25H21Cl2FIN3O4/c1-14(24(33)31-21-6-4-3-5-19(21)28)25(34)32-30-12-15-9-20(29)23(22(10-15)35-2)36-13-16-7-8-17(26)11-18(16)27/h3-12,14H,13H2,1-2H3,(H,31,33)(H,32,34). The van der Waals surface area contributed by atoms with E-state index in [1.54, 1.807) is 36.4 Å². The van der Waals surface area contributed by atoms with Gasteiger partial charge in [0.15, 0.2) is 11.5 Å². The summed E-state index contributed by atoms with van der Waals surface area (Å²) in [6.07, 6.45) is 1.41. The summed E-state index contributed by atoms with van der Waals surface area (Å²) in [5, 5.41) is 7.33. The number of halogens is 4. The molecule has 0 saturated carbocycles. The number of nitrogens with one attached hydrogen (secondary N) is 2. The number of methoxy groups -OCH3 is 1. The second-order valence-electron chi connectivity index (χ2n) is 7.48. The molecule has 188 valence electrons. The topological polar surface area (TPSA) is 89.0 Å². The molecule has 3 rings (SSSR count). The Morgan fingerprint density at radius 1 is 1.14 bits per heavy atom. The molecule has 36 heavy (non-hydrogen) atoms. The summed E-state index contributed by atoms with van der Waals surface area (Å²) >= 11 is 14.3. The van der Waals surface area contributed by atoms with Crippen LogP contribution in [0.3, 0.4) is 0 Å². The molecule has 2 amide bonds. The summed E-state index contributed by atoms with van der Waals surface area (Å²) in [4.78, 5) is 24.6. The highest BCUT2D eigenvalue weighted by atomic mass is 127. The summed E-state index contributed by atoms with van der Waals surface area (Å²) in [6, 6.07) is 14.3. The number of anilines is 1. The molecule has 0 fully saturated rings. The van der Waals surface area contributed by atoms with Crippen LogP contribution in [0.5, 0.6) is 11.5 Å². The highest BCUT2D eigenvalue weighted by Crippen LogP contribution is 2.35. The van der Waals surface area contributed by atoms with Crippen LogP contribution in [0.25, 0.3) is 0 Å². The maximum Gasteiger partial charge on any atom is 0.252 e. The van der Waals surface area contributed by atoms with Gasteiger partial charge in [0.25, 0.3) is 5.91 Å². The maximum absolute atomic E-state index is 13.7. The van der Waals surface area contributed by atoms with Gasteiger partial charge >= 0.3 is 0 Å². The Morgan fingerprint density at radius 2 is 1.89 bits per heavy atom. The highest BCUT2D eigenvalue weighted by molar-refractivity contribution is 14.1. The highest BCUT2D eigenvalue weighted by Gasteiger charge is 2.22. The zero-order valence-corrected chi connectivity index (χ0v) is 22.8. The van der Waals surface area contributed by atoms with Gasteiger partial charge < -0.3 is 14.8 Å².